The van der Waals surface area contributed by atoms with Gasteiger partial charge in [0.15, 0.2) is 0 Å². The van der Waals surface area contributed by atoms with Crippen LogP contribution in [0.25, 0.3) is 72.0 Å². The summed E-state index contributed by atoms with van der Waals surface area (Å²) in [6.07, 6.45) is 0. The zero-order chi connectivity index (χ0) is 34.2. The fourth-order valence-corrected chi connectivity index (χ4v) is 8.83. The fourth-order valence-electron chi connectivity index (χ4n) is 8.83. The van der Waals surface area contributed by atoms with Crippen LogP contribution in [0.5, 0.6) is 5.75 Å². The Kier molecular flexibility index (Phi) is 6.41. The first-order valence-corrected chi connectivity index (χ1v) is 18.1. The second-order valence-electron chi connectivity index (χ2n) is 14.0. The van der Waals surface area contributed by atoms with Crippen molar-refractivity contribution in [2.24, 2.45) is 0 Å². The van der Waals surface area contributed by atoms with Crippen LogP contribution >= 0.6 is 0 Å². The lowest BCUT2D eigenvalue weighted by Crippen LogP contribution is -2.07. The van der Waals surface area contributed by atoms with Crippen molar-refractivity contribution in [3.63, 3.8) is 0 Å². The van der Waals surface area contributed by atoms with Crippen LogP contribution in [0.4, 0.5) is 0 Å². The molecule has 0 amide bonds. The van der Waals surface area contributed by atoms with Crippen LogP contribution in [0.3, 0.4) is 0 Å². The van der Waals surface area contributed by atoms with Crippen molar-refractivity contribution in [3.8, 4) is 55.9 Å². The third-order valence-corrected chi connectivity index (χ3v) is 11.2. The summed E-state index contributed by atoms with van der Waals surface area (Å²) in [6, 6.07) is 66.6. The molecule has 2 aliphatic rings. The Morgan fingerprint density at radius 2 is 1.08 bits per heavy atom. The van der Waals surface area contributed by atoms with E-state index in [-0.39, 0.29) is 5.92 Å². The molecule has 244 valence electrons. The van der Waals surface area contributed by atoms with Gasteiger partial charge >= 0.3 is 0 Å². The Labute approximate surface area is 302 Å². The molecule has 1 unspecified atom stereocenters. The first kappa shape index (κ1) is 29.1. The predicted molar refractivity (Wildman–Crippen MR) is 214 cm³/mol. The highest BCUT2D eigenvalue weighted by molar-refractivity contribution is 6.10. The number of nitrogens with zero attached hydrogens (tertiary/aromatic N) is 1. The van der Waals surface area contributed by atoms with E-state index in [4.69, 9.17) is 4.74 Å². The van der Waals surface area contributed by atoms with E-state index in [1.165, 1.54) is 94.3 Å². The zero-order valence-corrected chi connectivity index (χ0v) is 28.5. The number of fused-ring (bicyclic) bond motifs is 9. The summed E-state index contributed by atoms with van der Waals surface area (Å²) in [5, 5.41) is 2.54. The average molecular weight is 664 g/mol. The minimum Gasteiger partial charge on any atom is -0.488 e. The summed E-state index contributed by atoms with van der Waals surface area (Å²) < 4.78 is 8.57. The van der Waals surface area contributed by atoms with E-state index in [1.54, 1.807) is 0 Å². The van der Waals surface area contributed by atoms with E-state index >= 15 is 0 Å². The predicted octanol–water partition coefficient (Wildman–Crippen LogP) is 12.8. The van der Waals surface area contributed by atoms with Gasteiger partial charge in [0, 0.05) is 33.5 Å². The molecule has 0 fully saturated rings. The molecule has 9 aromatic rings. The molecule has 8 aromatic carbocycles. The number of para-hydroxylation sites is 3. The molecule has 0 saturated carbocycles. The first-order chi connectivity index (χ1) is 25.8. The van der Waals surface area contributed by atoms with Crippen molar-refractivity contribution >= 4 is 21.8 Å². The summed E-state index contributed by atoms with van der Waals surface area (Å²) in [7, 11) is 0. The van der Waals surface area contributed by atoms with Gasteiger partial charge in [-0.15, -0.1) is 0 Å². The van der Waals surface area contributed by atoms with Crippen LogP contribution in [-0.4, -0.2) is 4.57 Å². The van der Waals surface area contributed by atoms with Gasteiger partial charge in [-0.3, -0.25) is 0 Å². The molecule has 0 bridgehead atoms. The quantitative estimate of drug-likeness (QED) is 0.183. The van der Waals surface area contributed by atoms with E-state index < -0.39 is 0 Å². The van der Waals surface area contributed by atoms with Crippen molar-refractivity contribution in [1.29, 1.82) is 0 Å². The molecule has 0 N–H and O–H groups in total. The molecule has 11 rings (SSSR count). The van der Waals surface area contributed by atoms with Gasteiger partial charge < -0.3 is 9.30 Å². The Hall–Kier alpha value is -6.64. The minimum absolute atomic E-state index is 0.181. The third-order valence-electron chi connectivity index (χ3n) is 11.2. The van der Waals surface area contributed by atoms with Crippen molar-refractivity contribution in [1.82, 2.24) is 4.57 Å². The van der Waals surface area contributed by atoms with E-state index in [0.29, 0.717) is 6.61 Å². The fraction of sp³-hybridized carbons (Fsp3) is 0.0400. The Balaban J connectivity index is 0.982. The lowest BCUT2D eigenvalue weighted by molar-refractivity contribution is 0.303. The summed E-state index contributed by atoms with van der Waals surface area (Å²) in [5.41, 5.74) is 18.9. The van der Waals surface area contributed by atoms with Crippen LogP contribution in [0.2, 0.25) is 0 Å². The van der Waals surface area contributed by atoms with Gasteiger partial charge in [0.25, 0.3) is 0 Å². The van der Waals surface area contributed by atoms with Gasteiger partial charge in [-0.1, -0.05) is 140 Å². The maximum absolute atomic E-state index is 6.20. The standard InChI is InChI=1S/C50H33NO/c1-2-11-36(12-3-1)51-47-19-8-6-14-40(47)45-30-35(26-28-48(45)51)34-25-27-43-44(29-34)39-13-4-5-16-42(39)50(43)33-23-21-32(22-24-33)37-17-10-18-38-41-15-7-9-20-49(41)52-31-46(37)38/h1-30,50H,31H2. The SMILES string of the molecule is c1ccc(-n2c3ccccc3c3cc(-c4ccc5c(c4)-c4ccccc4C5c4ccc(-c5cccc6c5COc5ccccc5-6)cc4)ccc32)cc1. The summed E-state index contributed by atoms with van der Waals surface area (Å²) in [6.45, 7) is 0.581. The molecule has 0 spiro atoms. The van der Waals surface area contributed by atoms with Gasteiger partial charge in [0.2, 0.25) is 0 Å². The maximum atomic E-state index is 6.20. The van der Waals surface area contributed by atoms with E-state index in [0.717, 1.165) is 5.75 Å². The van der Waals surface area contributed by atoms with Crippen LogP contribution in [0.15, 0.2) is 182 Å². The third kappa shape index (κ3) is 4.37. The van der Waals surface area contributed by atoms with E-state index in [2.05, 4.69) is 180 Å². The maximum Gasteiger partial charge on any atom is 0.127 e. The second-order valence-corrected chi connectivity index (χ2v) is 14.0. The molecule has 2 heterocycles. The lowest BCUT2D eigenvalue weighted by Gasteiger charge is -2.23. The van der Waals surface area contributed by atoms with Crippen LogP contribution in [0, 0.1) is 0 Å². The number of benzene rings is 8. The van der Waals surface area contributed by atoms with Gasteiger partial charge in [0.1, 0.15) is 12.4 Å². The summed E-state index contributed by atoms with van der Waals surface area (Å²) in [5.74, 6) is 1.14. The average Bonchev–Trinajstić information content (AvgIpc) is 3.73. The highest BCUT2D eigenvalue weighted by atomic mass is 16.5. The van der Waals surface area contributed by atoms with E-state index in [9.17, 15) is 0 Å². The summed E-state index contributed by atoms with van der Waals surface area (Å²) in [4.78, 5) is 0. The number of hydrogen-bond donors (Lipinski definition) is 0. The summed E-state index contributed by atoms with van der Waals surface area (Å²) >= 11 is 0. The highest BCUT2D eigenvalue weighted by Gasteiger charge is 2.30. The molecule has 0 saturated heterocycles. The smallest absolute Gasteiger partial charge is 0.127 e. The van der Waals surface area contributed by atoms with Crippen LogP contribution in [-0.2, 0) is 6.61 Å². The van der Waals surface area contributed by atoms with Gasteiger partial charge in [-0.25, -0.2) is 0 Å². The molecule has 1 aliphatic carbocycles. The Morgan fingerprint density at radius 3 is 1.98 bits per heavy atom. The Morgan fingerprint density at radius 1 is 0.423 bits per heavy atom. The minimum atomic E-state index is 0.181. The van der Waals surface area contributed by atoms with Crippen molar-refractivity contribution < 1.29 is 4.74 Å². The molecular formula is C50H33NO. The monoisotopic (exact) mass is 663 g/mol. The van der Waals surface area contributed by atoms with Gasteiger partial charge in [-0.2, -0.15) is 0 Å². The van der Waals surface area contributed by atoms with Gasteiger partial charge in [-0.05, 0) is 98.1 Å². The van der Waals surface area contributed by atoms with E-state index in [1.807, 2.05) is 6.07 Å². The lowest BCUT2D eigenvalue weighted by atomic mass is 9.86. The highest BCUT2D eigenvalue weighted by Crippen LogP contribution is 2.50. The normalized spacial score (nSPS) is 14.0. The second kappa shape index (κ2) is 11.4. The van der Waals surface area contributed by atoms with Crippen LogP contribution < -0.4 is 4.74 Å². The van der Waals surface area contributed by atoms with Crippen LogP contribution in [0.1, 0.15) is 28.2 Å². The molecule has 1 atom stereocenters. The molecule has 52 heavy (non-hydrogen) atoms. The number of aromatic nitrogens is 1. The zero-order valence-electron chi connectivity index (χ0n) is 28.5. The first-order valence-electron chi connectivity index (χ1n) is 18.1. The topological polar surface area (TPSA) is 14.2 Å². The molecule has 1 aromatic heterocycles. The number of ether oxygens (including phenoxy) is 1. The molecule has 1 aliphatic heterocycles. The molecule has 0 radical (unpaired) electrons. The Bertz CT molecular complexity index is 2840. The largest absolute Gasteiger partial charge is 0.488 e. The van der Waals surface area contributed by atoms with Crippen molar-refractivity contribution in [2.75, 3.05) is 0 Å². The molecule has 2 nitrogen and oxygen atoms in total. The molecule has 2 heteroatoms. The number of hydrogen-bond acceptors (Lipinski definition) is 1. The van der Waals surface area contributed by atoms with Gasteiger partial charge in [0.05, 0.1) is 11.0 Å². The number of rotatable bonds is 4. The molecular weight excluding hydrogens is 631 g/mol. The van der Waals surface area contributed by atoms with Crippen molar-refractivity contribution in [3.05, 3.63) is 204 Å². The van der Waals surface area contributed by atoms with Crippen molar-refractivity contribution in [2.45, 2.75) is 12.5 Å².